The fraction of sp³-hybridized carbons (Fsp3) is 0.348. The number of amides is 3. The number of aromatic amines is 1. The average Bonchev–Trinajstić information content (AvgIpc) is 3.45. The zero-order valence-electron chi connectivity index (χ0n) is 18.3. The lowest BCUT2D eigenvalue weighted by molar-refractivity contribution is -0.126. The Morgan fingerprint density at radius 1 is 1.24 bits per heavy atom. The number of H-pyrrole nitrogens is 1. The Labute approximate surface area is 190 Å². The van der Waals surface area contributed by atoms with Crippen LogP contribution in [0.5, 0.6) is 0 Å². The summed E-state index contributed by atoms with van der Waals surface area (Å²) in [7, 11) is 0. The number of piperazine rings is 1. The predicted octanol–water partition coefficient (Wildman–Crippen LogP) is 1.98. The number of rotatable bonds is 6. The Morgan fingerprint density at radius 3 is 2.70 bits per heavy atom. The van der Waals surface area contributed by atoms with Crippen molar-refractivity contribution in [3.8, 4) is 0 Å². The van der Waals surface area contributed by atoms with Crippen molar-refractivity contribution in [1.29, 1.82) is 0 Å². The minimum absolute atomic E-state index is 0.0820. The molecule has 33 heavy (non-hydrogen) atoms. The normalized spacial score (nSPS) is 18.7. The van der Waals surface area contributed by atoms with Crippen molar-refractivity contribution in [2.75, 3.05) is 49.1 Å². The molecule has 2 fully saturated rings. The molecule has 9 nitrogen and oxygen atoms in total. The molecule has 2 saturated heterocycles. The number of hydrogen-bond donors (Lipinski definition) is 2. The molecule has 0 spiro atoms. The second-order valence-corrected chi connectivity index (χ2v) is 7.96. The van der Waals surface area contributed by atoms with Gasteiger partial charge < -0.3 is 24.8 Å². The summed E-state index contributed by atoms with van der Waals surface area (Å²) < 4.78 is 20.2. The quantitative estimate of drug-likeness (QED) is 0.649. The van der Waals surface area contributed by atoms with Crippen LogP contribution in [0.1, 0.15) is 12.6 Å². The first-order chi connectivity index (χ1) is 15.9. The summed E-state index contributed by atoms with van der Waals surface area (Å²) in [4.78, 5) is 43.6. The van der Waals surface area contributed by atoms with Crippen LogP contribution < -0.4 is 15.1 Å². The summed E-state index contributed by atoms with van der Waals surface area (Å²) in [6.07, 6.45) is 4.00. The lowest BCUT2D eigenvalue weighted by Crippen LogP contribution is -2.48. The highest BCUT2D eigenvalue weighted by Crippen LogP contribution is 2.28. The smallest absolute Gasteiger partial charge is 0.414 e. The monoisotopic (exact) mass is 455 g/mol. The van der Waals surface area contributed by atoms with Gasteiger partial charge in [0.25, 0.3) is 0 Å². The van der Waals surface area contributed by atoms with Gasteiger partial charge in [0.2, 0.25) is 11.8 Å². The molecule has 174 valence electrons. The highest BCUT2D eigenvalue weighted by Gasteiger charge is 2.33. The molecule has 2 aliphatic rings. The van der Waals surface area contributed by atoms with Crippen molar-refractivity contribution >= 4 is 35.4 Å². The molecule has 1 aromatic carbocycles. The van der Waals surface area contributed by atoms with E-state index >= 15 is 0 Å². The van der Waals surface area contributed by atoms with Crippen LogP contribution in [-0.2, 0) is 14.3 Å². The fourth-order valence-corrected chi connectivity index (χ4v) is 3.90. The van der Waals surface area contributed by atoms with Crippen molar-refractivity contribution in [3.05, 3.63) is 54.1 Å². The maximum absolute atomic E-state index is 14.9. The van der Waals surface area contributed by atoms with E-state index in [1.807, 2.05) is 17.0 Å². The van der Waals surface area contributed by atoms with Crippen molar-refractivity contribution in [1.82, 2.24) is 15.2 Å². The number of cyclic esters (lactones) is 1. The van der Waals surface area contributed by atoms with Crippen LogP contribution in [0.3, 0.4) is 0 Å². The van der Waals surface area contributed by atoms with E-state index in [-0.39, 0.29) is 24.9 Å². The topological polar surface area (TPSA) is 98.0 Å². The van der Waals surface area contributed by atoms with Gasteiger partial charge in [0.05, 0.1) is 24.5 Å². The van der Waals surface area contributed by atoms with E-state index in [1.54, 1.807) is 29.3 Å². The third-order valence-corrected chi connectivity index (χ3v) is 5.66. The van der Waals surface area contributed by atoms with Crippen LogP contribution in [0, 0.1) is 5.82 Å². The highest BCUT2D eigenvalue weighted by atomic mass is 19.1. The van der Waals surface area contributed by atoms with Crippen LogP contribution in [-0.4, -0.2) is 73.2 Å². The lowest BCUT2D eigenvalue weighted by atomic mass is 10.2. The molecule has 1 unspecified atom stereocenters. The number of nitrogens with one attached hydrogen (secondary N) is 2. The molecule has 3 heterocycles. The Bertz CT molecular complexity index is 1050. The van der Waals surface area contributed by atoms with E-state index < -0.39 is 18.0 Å². The van der Waals surface area contributed by atoms with Gasteiger partial charge in [0.15, 0.2) is 0 Å². The zero-order chi connectivity index (χ0) is 23.4. The van der Waals surface area contributed by atoms with E-state index in [9.17, 15) is 18.8 Å². The van der Waals surface area contributed by atoms with Crippen molar-refractivity contribution in [3.63, 3.8) is 0 Å². The highest BCUT2D eigenvalue weighted by molar-refractivity contribution is 5.92. The fourth-order valence-electron chi connectivity index (χ4n) is 3.90. The van der Waals surface area contributed by atoms with Gasteiger partial charge in [-0.2, -0.15) is 0 Å². The summed E-state index contributed by atoms with van der Waals surface area (Å²) in [5.41, 5.74) is 1.68. The Balaban J connectivity index is 1.34. The van der Waals surface area contributed by atoms with Crippen molar-refractivity contribution in [2.24, 2.45) is 0 Å². The van der Waals surface area contributed by atoms with Gasteiger partial charge in [-0.05, 0) is 36.4 Å². The lowest BCUT2D eigenvalue weighted by Gasteiger charge is -2.36. The second-order valence-electron chi connectivity index (χ2n) is 7.96. The Hall–Kier alpha value is -3.82. The summed E-state index contributed by atoms with van der Waals surface area (Å²) in [6, 6.07) is 8.37. The van der Waals surface area contributed by atoms with E-state index in [2.05, 4.69) is 10.3 Å². The number of carbonyl (C=O) groups is 3. The first-order valence-electron chi connectivity index (χ1n) is 10.8. The number of nitrogens with zero attached hydrogens (tertiary/aromatic N) is 3. The van der Waals surface area contributed by atoms with Gasteiger partial charge in [0, 0.05) is 51.1 Å². The molecule has 10 heteroatoms. The molecule has 2 aliphatic heterocycles. The number of hydrogen-bond acceptors (Lipinski definition) is 5. The Morgan fingerprint density at radius 2 is 2.03 bits per heavy atom. The number of benzene rings is 1. The molecule has 0 saturated carbocycles. The molecule has 1 atom stereocenters. The molecule has 2 aromatic rings. The number of anilines is 2. The van der Waals surface area contributed by atoms with Crippen LogP contribution in [0.4, 0.5) is 20.6 Å². The summed E-state index contributed by atoms with van der Waals surface area (Å²) in [5, 5.41) is 2.61. The molecule has 4 rings (SSSR count). The van der Waals surface area contributed by atoms with Crippen LogP contribution in [0.2, 0.25) is 0 Å². The van der Waals surface area contributed by atoms with E-state index in [1.165, 1.54) is 24.0 Å². The van der Waals surface area contributed by atoms with Gasteiger partial charge >= 0.3 is 6.09 Å². The second kappa shape index (κ2) is 9.76. The van der Waals surface area contributed by atoms with Crippen LogP contribution >= 0.6 is 0 Å². The number of ether oxygens (including phenoxy) is 1. The van der Waals surface area contributed by atoms with E-state index in [4.69, 9.17) is 4.74 Å². The summed E-state index contributed by atoms with van der Waals surface area (Å²) in [5.74, 6) is -0.739. The van der Waals surface area contributed by atoms with Gasteiger partial charge in [-0.25, -0.2) is 9.18 Å². The summed E-state index contributed by atoms with van der Waals surface area (Å²) in [6.45, 7) is 3.80. The molecule has 3 amide bonds. The largest absolute Gasteiger partial charge is 0.442 e. The number of halogens is 1. The number of carbonyl (C=O) groups excluding carboxylic acids is 3. The molecule has 0 radical (unpaired) electrons. The van der Waals surface area contributed by atoms with Gasteiger partial charge in [-0.1, -0.05) is 0 Å². The maximum atomic E-state index is 14.9. The van der Waals surface area contributed by atoms with E-state index in [0.717, 1.165) is 5.69 Å². The molecule has 0 bridgehead atoms. The molecule has 0 aliphatic carbocycles. The van der Waals surface area contributed by atoms with Gasteiger partial charge in [-0.3, -0.25) is 14.5 Å². The molecular weight excluding hydrogens is 429 g/mol. The Kier molecular flexibility index (Phi) is 6.62. The van der Waals surface area contributed by atoms with E-state index in [0.29, 0.717) is 37.6 Å². The standard InChI is InChI=1S/C23H26FN5O4/c1-16(30)26-14-19-15-29(23(32)33-19)18-5-6-21(20(24)13-18)27-9-11-28(12-10-27)22(31)7-4-17-3-2-8-25-17/h2-8,13,19,25H,9-12,14-15H2,1H3,(H,26,30). The van der Waals surface area contributed by atoms with Crippen molar-refractivity contribution < 1.29 is 23.5 Å². The third-order valence-electron chi connectivity index (χ3n) is 5.66. The summed E-state index contributed by atoms with van der Waals surface area (Å²) >= 11 is 0. The van der Waals surface area contributed by atoms with Gasteiger partial charge in [-0.15, -0.1) is 0 Å². The first-order valence-corrected chi connectivity index (χ1v) is 10.8. The minimum atomic E-state index is -0.572. The van der Waals surface area contributed by atoms with Crippen LogP contribution in [0.25, 0.3) is 6.08 Å². The predicted molar refractivity (Wildman–Crippen MR) is 121 cm³/mol. The SMILES string of the molecule is CC(=O)NCC1CN(c2ccc(N3CCN(C(=O)C=Cc4ccc[nH]4)CC3)c(F)c2)C(=O)O1. The minimum Gasteiger partial charge on any atom is -0.442 e. The maximum Gasteiger partial charge on any atom is 0.414 e. The van der Waals surface area contributed by atoms with Crippen LogP contribution in [0.15, 0.2) is 42.6 Å². The molecule has 2 N–H and O–H groups in total. The number of aromatic nitrogens is 1. The van der Waals surface area contributed by atoms with Crippen molar-refractivity contribution in [2.45, 2.75) is 13.0 Å². The average molecular weight is 455 g/mol. The molecular formula is C23H26FN5O4. The first kappa shape index (κ1) is 22.4. The third kappa shape index (κ3) is 5.33. The molecule has 1 aromatic heterocycles. The van der Waals surface area contributed by atoms with Gasteiger partial charge in [0.1, 0.15) is 11.9 Å². The zero-order valence-corrected chi connectivity index (χ0v) is 18.3.